The molecule has 2 heterocycles. The third-order valence-electron chi connectivity index (χ3n) is 7.76. The van der Waals surface area contributed by atoms with Crippen molar-refractivity contribution in [1.82, 2.24) is 10.6 Å². The number of rotatable bonds is 11. The molecular weight excluding hydrogens is 522 g/mol. The van der Waals surface area contributed by atoms with Crippen LogP contribution in [0.1, 0.15) is 19.8 Å². The lowest BCUT2D eigenvalue weighted by atomic mass is 9.83. The van der Waals surface area contributed by atoms with Gasteiger partial charge >= 0.3 is 0 Å². The van der Waals surface area contributed by atoms with E-state index in [1.54, 1.807) is 7.05 Å². The highest BCUT2D eigenvalue weighted by Gasteiger charge is 2.52. The summed E-state index contributed by atoms with van der Waals surface area (Å²) in [6.45, 7) is 1.53. The Bertz CT molecular complexity index is 755. The Morgan fingerprint density at radius 2 is 1.64 bits per heavy atom. The number of aliphatic hydroxyl groups excluding tert-OH is 6. The first kappa shape index (κ1) is 32.9. The number of hydrogen-bond donors (Lipinski definition) is 12. The van der Waals surface area contributed by atoms with Crippen LogP contribution in [0.5, 0.6) is 0 Å². The van der Waals surface area contributed by atoms with Crippen LogP contribution in [0.3, 0.4) is 0 Å². The molecule has 230 valence electrons. The lowest BCUT2D eigenvalue weighted by Crippen LogP contribution is -2.69. The van der Waals surface area contributed by atoms with Crippen molar-refractivity contribution >= 4 is 0 Å². The maximum absolute atomic E-state index is 11.4. The van der Waals surface area contributed by atoms with Gasteiger partial charge in [-0.25, -0.2) is 0 Å². The molecule has 3 fully saturated rings. The highest BCUT2D eigenvalue weighted by atomic mass is 16.7. The molecule has 0 aromatic carbocycles. The highest BCUT2D eigenvalue weighted by Crippen LogP contribution is 2.32. The van der Waals surface area contributed by atoms with E-state index in [1.165, 1.54) is 6.92 Å². The quantitative estimate of drug-likeness (QED) is 0.110. The number of hydrogen-bond acceptors (Lipinski definition) is 16. The summed E-state index contributed by atoms with van der Waals surface area (Å²) in [4.78, 5) is 0. The molecule has 0 aromatic heterocycles. The van der Waals surface area contributed by atoms with Crippen molar-refractivity contribution in [2.24, 2.45) is 17.2 Å². The molecule has 3 aliphatic rings. The second kappa shape index (κ2) is 14.0. The minimum Gasteiger partial charge on any atom is -0.392 e. The maximum Gasteiger partial charge on any atom is 0.187 e. The summed E-state index contributed by atoms with van der Waals surface area (Å²) in [7, 11) is 1.57. The lowest BCUT2D eigenvalue weighted by Gasteiger charge is -2.49. The molecule has 15 N–H and O–H groups in total. The number of nitrogens with two attached hydrogens (primary N) is 3. The molecule has 0 aromatic rings. The van der Waals surface area contributed by atoms with Crippen molar-refractivity contribution in [3.05, 3.63) is 0 Å². The minimum absolute atomic E-state index is 0.0942. The molecule has 1 aliphatic carbocycles. The molecule has 39 heavy (non-hydrogen) atoms. The number of aliphatic hydroxyl groups is 7. The van der Waals surface area contributed by atoms with Gasteiger partial charge in [0.2, 0.25) is 0 Å². The van der Waals surface area contributed by atoms with E-state index in [1.807, 2.05) is 0 Å². The Balaban J connectivity index is 1.80. The van der Waals surface area contributed by atoms with Crippen LogP contribution in [0.25, 0.3) is 0 Å². The van der Waals surface area contributed by atoms with Gasteiger partial charge in [0, 0.05) is 25.2 Å². The Morgan fingerprint density at radius 3 is 2.26 bits per heavy atom. The van der Waals surface area contributed by atoms with Crippen LogP contribution in [-0.2, 0) is 18.9 Å². The Kier molecular flexibility index (Phi) is 11.8. The Morgan fingerprint density at radius 1 is 0.974 bits per heavy atom. The van der Waals surface area contributed by atoms with Crippen molar-refractivity contribution in [2.45, 2.75) is 111 Å². The molecule has 0 bridgehead atoms. The SMILES string of the molecule is CN[C@@H]1[C@@H](O)[C@@H](O[C@@H]2[C@@H](O)[C@H](O[C@H]3O[C@H](CN)[C@@H](O)[C@H](O)[C@H]3O)[C@@H](NC[C@@H](O)CCN)C[C@H]2N)OC[C@]1(C)O. The van der Waals surface area contributed by atoms with Crippen molar-refractivity contribution in [2.75, 3.05) is 33.3 Å². The van der Waals surface area contributed by atoms with Gasteiger partial charge in [0.25, 0.3) is 0 Å². The molecule has 0 amide bonds. The van der Waals surface area contributed by atoms with Crippen LogP contribution in [-0.4, -0.2) is 160 Å². The second-order valence-electron chi connectivity index (χ2n) is 10.9. The lowest BCUT2D eigenvalue weighted by molar-refractivity contribution is -0.330. The fourth-order valence-electron chi connectivity index (χ4n) is 5.48. The zero-order valence-corrected chi connectivity index (χ0v) is 22.3. The largest absolute Gasteiger partial charge is 0.392 e. The number of ether oxygens (including phenoxy) is 4. The standard InChI is InChI=1S/C23H47N5O11/c1-23(35)8-36-21(17(34)20(23)27-2)38-18-10(26)5-11(28-7-9(29)3-4-24)19(16(18)33)39-22-15(32)14(31)13(30)12(6-25)37-22/h9-22,27-35H,3-8,24-26H2,1-2H3/t9-,10+,11-,12+,13+,14-,15+,16+,17+,18-,19+,20+,21+,22+,23-/m0/s1. The summed E-state index contributed by atoms with van der Waals surface area (Å²) < 4.78 is 23.1. The molecule has 2 aliphatic heterocycles. The van der Waals surface area contributed by atoms with E-state index in [0.29, 0.717) is 6.42 Å². The summed E-state index contributed by atoms with van der Waals surface area (Å²) in [6, 6.07) is -2.27. The molecule has 1 saturated carbocycles. The van der Waals surface area contributed by atoms with Gasteiger partial charge in [-0.1, -0.05) is 0 Å². The van der Waals surface area contributed by atoms with Gasteiger partial charge in [-0.2, -0.15) is 0 Å². The van der Waals surface area contributed by atoms with E-state index in [-0.39, 0.29) is 32.7 Å². The van der Waals surface area contributed by atoms with Crippen LogP contribution in [0.15, 0.2) is 0 Å². The first-order valence-electron chi connectivity index (χ1n) is 13.3. The summed E-state index contributed by atoms with van der Waals surface area (Å²) in [5.41, 5.74) is 16.1. The summed E-state index contributed by atoms with van der Waals surface area (Å²) >= 11 is 0. The van der Waals surface area contributed by atoms with Gasteiger partial charge < -0.3 is 82.5 Å². The van der Waals surface area contributed by atoms with Crippen LogP contribution in [0, 0.1) is 0 Å². The summed E-state index contributed by atoms with van der Waals surface area (Å²) in [5, 5.41) is 79.8. The van der Waals surface area contributed by atoms with Crippen LogP contribution in [0.2, 0.25) is 0 Å². The van der Waals surface area contributed by atoms with E-state index in [2.05, 4.69) is 10.6 Å². The smallest absolute Gasteiger partial charge is 0.187 e. The molecular formula is C23H47N5O11. The fourth-order valence-corrected chi connectivity index (χ4v) is 5.48. The monoisotopic (exact) mass is 569 g/mol. The van der Waals surface area contributed by atoms with Gasteiger partial charge in [0.05, 0.1) is 18.8 Å². The number of nitrogens with one attached hydrogen (secondary N) is 2. The van der Waals surface area contributed by atoms with Crippen LogP contribution >= 0.6 is 0 Å². The minimum atomic E-state index is -1.67. The average Bonchev–Trinajstić information content (AvgIpc) is 2.88. The van der Waals surface area contributed by atoms with Crippen molar-refractivity contribution in [1.29, 1.82) is 0 Å². The van der Waals surface area contributed by atoms with Gasteiger partial charge in [-0.3, -0.25) is 0 Å². The second-order valence-corrected chi connectivity index (χ2v) is 10.9. The third-order valence-corrected chi connectivity index (χ3v) is 7.76. The molecule has 2 saturated heterocycles. The van der Waals surface area contributed by atoms with Crippen molar-refractivity contribution in [3.63, 3.8) is 0 Å². The zero-order valence-electron chi connectivity index (χ0n) is 22.3. The maximum atomic E-state index is 11.4. The molecule has 0 radical (unpaired) electrons. The Hall–Kier alpha value is -0.640. The molecule has 0 unspecified atom stereocenters. The summed E-state index contributed by atoms with van der Waals surface area (Å²) in [6.07, 6.45) is -13.9. The average molecular weight is 570 g/mol. The predicted octanol–water partition coefficient (Wildman–Crippen LogP) is -6.66. The topological polar surface area (TPSA) is 281 Å². The van der Waals surface area contributed by atoms with E-state index in [9.17, 15) is 35.7 Å². The summed E-state index contributed by atoms with van der Waals surface area (Å²) in [5.74, 6) is 0. The van der Waals surface area contributed by atoms with Gasteiger partial charge in [-0.05, 0) is 33.4 Å². The zero-order chi connectivity index (χ0) is 29.1. The van der Waals surface area contributed by atoms with Crippen molar-refractivity contribution < 1.29 is 54.7 Å². The molecule has 0 spiro atoms. The van der Waals surface area contributed by atoms with E-state index >= 15 is 0 Å². The van der Waals surface area contributed by atoms with E-state index in [4.69, 9.17) is 36.1 Å². The van der Waals surface area contributed by atoms with Gasteiger partial charge in [0.15, 0.2) is 12.6 Å². The first-order valence-corrected chi connectivity index (χ1v) is 13.3. The molecule has 16 heteroatoms. The van der Waals surface area contributed by atoms with E-state index < -0.39 is 91.2 Å². The Labute approximate surface area is 227 Å². The van der Waals surface area contributed by atoms with Gasteiger partial charge in [0.1, 0.15) is 54.4 Å². The van der Waals surface area contributed by atoms with E-state index in [0.717, 1.165) is 0 Å². The third kappa shape index (κ3) is 7.42. The first-order chi connectivity index (χ1) is 18.4. The van der Waals surface area contributed by atoms with Gasteiger partial charge in [-0.15, -0.1) is 0 Å². The number of likely N-dealkylation sites (N-methyl/N-ethyl adjacent to an activating group) is 1. The highest BCUT2D eigenvalue weighted by molar-refractivity contribution is 5.03. The van der Waals surface area contributed by atoms with Crippen LogP contribution < -0.4 is 27.8 Å². The normalized spacial score (nSPS) is 48.2. The molecule has 3 rings (SSSR count). The fraction of sp³-hybridized carbons (Fsp3) is 1.00. The van der Waals surface area contributed by atoms with Crippen LogP contribution in [0.4, 0.5) is 0 Å². The molecule has 16 nitrogen and oxygen atoms in total. The molecule has 15 atom stereocenters. The van der Waals surface area contributed by atoms with Crippen molar-refractivity contribution in [3.8, 4) is 0 Å². The predicted molar refractivity (Wildman–Crippen MR) is 135 cm³/mol.